The lowest BCUT2D eigenvalue weighted by Crippen LogP contribution is -2.42. The number of hydrogen-bond donors (Lipinski definition) is 1. The van der Waals surface area contributed by atoms with Crippen LogP contribution in [-0.4, -0.2) is 38.4 Å². The number of piperidine rings is 1. The van der Waals surface area contributed by atoms with E-state index >= 15 is 0 Å². The van der Waals surface area contributed by atoms with Crippen LogP contribution in [0, 0.1) is 0 Å². The average molecular weight is 343 g/mol. The van der Waals surface area contributed by atoms with Crippen molar-refractivity contribution in [2.75, 3.05) is 18.4 Å². The Hall–Kier alpha value is -2.57. The van der Waals surface area contributed by atoms with Crippen molar-refractivity contribution in [1.82, 2.24) is 19.2 Å². The fourth-order valence-corrected chi connectivity index (χ4v) is 3.36. The standard InChI is InChI=1S/C18H25N5O2/c1-13(2)23-16(20-21(3)18(23)25)14-8-7-11-22(12-14)17(24)19-15-9-5-4-6-10-15/h4-6,9-10,13-14H,7-8,11-12H2,1-3H3,(H,19,24). The van der Waals surface area contributed by atoms with E-state index < -0.39 is 0 Å². The van der Waals surface area contributed by atoms with E-state index in [4.69, 9.17) is 0 Å². The highest BCUT2D eigenvalue weighted by Crippen LogP contribution is 2.26. The van der Waals surface area contributed by atoms with Gasteiger partial charge in [-0.2, -0.15) is 5.10 Å². The number of nitrogens with zero attached hydrogens (tertiary/aromatic N) is 4. The van der Waals surface area contributed by atoms with Gasteiger partial charge in [0.25, 0.3) is 0 Å². The summed E-state index contributed by atoms with van der Waals surface area (Å²) in [6.07, 6.45) is 1.83. The number of hydrogen-bond acceptors (Lipinski definition) is 3. The maximum absolute atomic E-state index is 12.6. The number of anilines is 1. The van der Waals surface area contributed by atoms with E-state index in [1.165, 1.54) is 4.68 Å². The smallest absolute Gasteiger partial charge is 0.324 e. The predicted molar refractivity (Wildman–Crippen MR) is 96.9 cm³/mol. The van der Waals surface area contributed by atoms with Gasteiger partial charge in [0.2, 0.25) is 0 Å². The fourth-order valence-electron chi connectivity index (χ4n) is 3.36. The molecular formula is C18H25N5O2. The van der Waals surface area contributed by atoms with Crippen LogP contribution >= 0.6 is 0 Å². The number of carbonyl (C=O) groups is 1. The zero-order valence-electron chi connectivity index (χ0n) is 15.0. The molecule has 134 valence electrons. The number of benzene rings is 1. The van der Waals surface area contributed by atoms with Crippen molar-refractivity contribution >= 4 is 11.7 Å². The van der Waals surface area contributed by atoms with Gasteiger partial charge in [0.1, 0.15) is 5.82 Å². The van der Waals surface area contributed by atoms with Gasteiger partial charge >= 0.3 is 11.7 Å². The van der Waals surface area contributed by atoms with Crippen molar-refractivity contribution in [3.63, 3.8) is 0 Å². The Bertz CT molecular complexity index is 794. The van der Waals surface area contributed by atoms with Crippen LogP contribution in [0.5, 0.6) is 0 Å². The lowest BCUT2D eigenvalue weighted by molar-refractivity contribution is 0.190. The van der Waals surface area contributed by atoms with Gasteiger partial charge in [0, 0.05) is 37.8 Å². The van der Waals surface area contributed by atoms with Gasteiger partial charge in [-0.25, -0.2) is 14.3 Å². The molecule has 1 aliphatic rings. The summed E-state index contributed by atoms with van der Waals surface area (Å²) < 4.78 is 3.13. The molecule has 1 atom stereocenters. The summed E-state index contributed by atoms with van der Waals surface area (Å²) in [6.45, 7) is 5.25. The highest BCUT2D eigenvalue weighted by Gasteiger charge is 2.29. The first-order valence-electron chi connectivity index (χ1n) is 8.73. The number of rotatable bonds is 3. The average Bonchev–Trinajstić information content (AvgIpc) is 2.91. The second kappa shape index (κ2) is 7.13. The second-order valence-electron chi connectivity index (χ2n) is 6.81. The van der Waals surface area contributed by atoms with Gasteiger partial charge in [0.15, 0.2) is 0 Å². The summed E-state index contributed by atoms with van der Waals surface area (Å²) in [4.78, 5) is 26.7. The number of urea groups is 1. The Morgan fingerprint density at radius 3 is 2.68 bits per heavy atom. The lowest BCUT2D eigenvalue weighted by Gasteiger charge is -2.32. The first kappa shape index (κ1) is 17.3. The largest absolute Gasteiger partial charge is 0.345 e. The molecule has 1 aliphatic heterocycles. The molecule has 2 heterocycles. The summed E-state index contributed by atoms with van der Waals surface area (Å²) in [6, 6.07) is 9.38. The van der Waals surface area contributed by atoms with E-state index in [2.05, 4.69) is 10.4 Å². The van der Waals surface area contributed by atoms with Gasteiger partial charge in [-0.1, -0.05) is 18.2 Å². The fraction of sp³-hybridized carbons (Fsp3) is 0.500. The van der Waals surface area contributed by atoms with Crippen LogP contribution in [0.15, 0.2) is 35.1 Å². The monoisotopic (exact) mass is 343 g/mol. The first-order chi connectivity index (χ1) is 12.0. The third kappa shape index (κ3) is 3.60. The molecule has 0 radical (unpaired) electrons. The number of nitrogens with one attached hydrogen (secondary N) is 1. The Labute approximate surface area is 147 Å². The molecule has 1 unspecified atom stereocenters. The topological polar surface area (TPSA) is 72.2 Å². The maximum atomic E-state index is 12.6. The number of aromatic nitrogens is 3. The van der Waals surface area contributed by atoms with Crippen LogP contribution in [0.25, 0.3) is 0 Å². The molecule has 7 heteroatoms. The number of amides is 2. The van der Waals surface area contributed by atoms with Gasteiger partial charge in [-0.3, -0.25) is 4.57 Å². The molecule has 1 aromatic heterocycles. The number of carbonyl (C=O) groups excluding carboxylic acids is 1. The van der Waals surface area contributed by atoms with Gasteiger partial charge < -0.3 is 10.2 Å². The predicted octanol–water partition coefficient (Wildman–Crippen LogP) is 2.57. The molecule has 1 N–H and O–H groups in total. The summed E-state index contributed by atoms with van der Waals surface area (Å²) >= 11 is 0. The van der Waals surface area contributed by atoms with Gasteiger partial charge in [0.05, 0.1) is 0 Å². The maximum Gasteiger partial charge on any atom is 0.345 e. The Morgan fingerprint density at radius 1 is 1.28 bits per heavy atom. The summed E-state index contributed by atoms with van der Waals surface area (Å²) in [5.41, 5.74) is 0.683. The van der Waals surface area contributed by atoms with Crippen LogP contribution in [0.3, 0.4) is 0 Å². The number of para-hydroxylation sites is 1. The number of aryl methyl sites for hydroxylation is 1. The van der Waals surface area contributed by atoms with Crippen molar-refractivity contribution in [3.05, 3.63) is 46.6 Å². The lowest BCUT2D eigenvalue weighted by atomic mass is 9.97. The third-order valence-corrected chi connectivity index (χ3v) is 4.60. The van der Waals surface area contributed by atoms with E-state index in [-0.39, 0.29) is 23.7 Å². The highest BCUT2D eigenvalue weighted by atomic mass is 16.2. The molecule has 0 bridgehead atoms. The van der Waals surface area contributed by atoms with Crippen molar-refractivity contribution in [1.29, 1.82) is 0 Å². The normalized spacial score (nSPS) is 17.8. The molecule has 1 fully saturated rings. The molecular weight excluding hydrogens is 318 g/mol. The molecule has 0 saturated carbocycles. The quantitative estimate of drug-likeness (QED) is 0.931. The zero-order valence-corrected chi connectivity index (χ0v) is 15.0. The van der Waals surface area contributed by atoms with Crippen LogP contribution in [-0.2, 0) is 7.05 Å². The van der Waals surface area contributed by atoms with E-state index in [9.17, 15) is 9.59 Å². The Balaban J connectivity index is 1.77. The van der Waals surface area contributed by atoms with Crippen LogP contribution in [0.4, 0.5) is 10.5 Å². The SMILES string of the molecule is CC(C)n1c(C2CCCN(C(=O)Nc3ccccc3)C2)nn(C)c1=O. The Kier molecular flexibility index (Phi) is 4.92. The summed E-state index contributed by atoms with van der Waals surface area (Å²) in [5, 5.41) is 7.37. The number of likely N-dealkylation sites (tertiary alicyclic amines) is 1. The van der Waals surface area contributed by atoms with Crippen molar-refractivity contribution in [2.45, 2.75) is 38.6 Å². The molecule has 1 aromatic carbocycles. The van der Waals surface area contributed by atoms with E-state index in [0.29, 0.717) is 13.1 Å². The van der Waals surface area contributed by atoms with Crippen LogP contribution < -0.4 is 11.0 Å². The van der Waals surface area contributed by atoms with E-state index in [1.54, 1.807) is 11.6 Å². The van der Waals surface area contributed by atoms with Crippen molar-refractivity contribution in [2.24, 2.45) is 7.05 Å². The molecule has 3 rings (SSSR count). The molecule has 2 aromatic rings. The minimum absolute atomic E-state index is 0.0460. The van der Waals surface area contributed by atoms with E-state index in [1.807, 2.05) is 49.1 Å². The first-order valence-corrected chi connectivity index (χ1v) is 8.73. The third-order valence-electron chi connectivity index (χ3n) is 4.60. The van der Waals surface area contributed by atoms with E-state index in [0.717, 1.165) is 24.4 Å². The second-order valence-corrected chi connectivity index (χ2v) is 6.81. The summed E-state index contributed by atoms with van der Waals surface area (Å²) in [7, 11) is 1.67. The minimum Gasteiger partial charge on any atom is -0.324 e. The Morgan fingerprint density at radius 2 is 2.00 bits per heavy atom. The molecule has 2 amide bonds. The molecule has 0 aliphatic carbocycles. The highest BCUT2D eigenvalue weighted by molar-refractivity contribution is 5.89. The van der Waals surface area contributed by atoms with Crippen molar-refractivity contribution in [3.8, 4) is 0 Å². The molecule has 7 nitrogen and oxygen atoms in total. The minimum atomic E-state index is -0.106. The molecule has 0 spiro atoms. The molecule has 1 saturated heterocycles. The van der Waals surface area contributed by atoms with Gasteiger partial charge in [-0.15, -0.1) is 0 Å². The van der Waals surface area contributed by atoms with Gasteiger partial charge in [-0.05, 0) is 38.8 Å². The zero-order chi connectivity index (χ0) is 18.0. The van der Waals surface area contributed by atoms with Crippen molar-refractivity contribution < 1.29 is 4.79 Å². The summed E-state index contributed by atoms with van der Waals surface area (Å²) in [5.74, 6) is 0.853. The van der Waals surface area contributed by atoms with Crippen LogP contribution in [0.1, 0.15) is 44.5 Å². The van der Waals surface area contributed by atoms with Crippen LogP contribution in [0.2, 0.25) is 0 Å². The molecule has 25 heavy (non-hydrogen) atoms.